The van der Waals surface area contributed by atoms with E-state index in [1.165, 1.54) is 61.5 Å². The molecule has 3 aromatic heterocycles. The molecular weight excluding hydrogens is 1760 g/mol. The molecule has 0 bridgehead atoms. The number of hydrogen-bond donors (Lipinski definition) is 10. The number of pyridine rings is 3. The number of hydrogen-bond acceptors (Lipinski definition) is 15. The minimum absolute atomic E-state index is 0.0420. The van der Waals surface area contributed by atoms with Gasteiger partial charge >= 0.3 is 5.97 Å². The highest BCUT2D eigenvalue weighted by molar-refractivity contribution is 9.12. The van der Waals surface area contributed by atoms with E-state index in [1.807, 2.05) is 24.3 Å². The first-order valence-electron chi connectivity index (χ1n) is 31.9. The number of carboxylic acids is 1. The van der Waals surface area contributed by atoms with Gasteiger partial charge in [0.05, 0.1) is 40.4 Å². The minimum Gasteiger partial charge on any atom is -0.478 e. The summed E-state index contributed by atoms with van der Waals surface area (Å²) in [5.41, 5.74) is 59.9. The number of nitrogens with two attached hydrogens (primary N) is 8. The van der Waals surface area contributed by atoms with Gasteiger partial charge in [0, 0.05) is 87.4 Å². The Morgan fingerprint density at radius 3 is 1.34 bits per heavy atom. The van der Waals surface area contributed by atoms with Gasteiger partial charge in [0.2, 0.25) is 6.54 Å². The first-order chi connectivity index (χ1) is 46.8. The van der Waals surface area contributed by atoms with E-state index >= 15 is 0 Å². The van der Waals surface area contributed by atoms with Crippen LogP contribution in [0.15, 0.2) is 127 Å². The number of fused-ring (bicyclic) bond motifs is 3. The van der Waals surface area contributed by atoms with Crippen LogP contribution in [0.4, 0.5) is 34.5 Å². The number of nitriles is 1. The van der Waals surface area contributed by atoms with Gasteiger partial charge in [-0.25, -0.2) is 26.3 Å². The third kappa shape index (κ3) is 26.9. The lowest BCUT2D eigenvalue weighted by Gasteiger charge is -2.12. The number of benzene rings is 6. The second kappa shape index (κ2) is 44.4. The van der Waals surface area contributed by atoms with Crippen molar-refractivity contribution in [1.29, 1.82) is 5.26 Å². The Morgan fingerprint density at radius 1 is 0.500 bits per heavy atom. The number of nitrogen functional groups attached to an aromatic ring is 6. The van der Waals surface area contributed by atoms with Crippen LogP contribution in [0, 0.1) is 17.9 Å². The topological polar surface area (TPSA) is 350 Å². The second-order valence-corrected chi connectivity index (χ2v) is 29.8. The summed E-state index contributed by atoms with van der Waals surface area (Å²) in [6, 6.07) is 31.5. The molecule has 0 unspecified atom stereocenters. The van der Waals surface area contributed by atoms with Crippen molar-refractivity contribution in [2.75, 3.05) is 54.0 Å². The predicted molar refractivity (Wildman–Crippen MR) is 435 cm³/mol. The van der Waals surface area contributed by atoms with Crippen LogP contribution in [-0.4, -0.2) is 57.1 Å². The molecule has 17 nitrogen and oxygen atoms in total. The molecule has 25 heteroatoms. The molecule has 18 N–H and O–H groups in total. The number of aliphatic hydroxyl groups excluding tert-OH is 1. The van der Waals surface area contributed by atoms with E-state index < -0.39 is 5.97 Å². The van der Waals surface area contributed by atoms with Gasteiger partial charge in [0.25, 0.3) is 0 Å². The second-order valence-electron chi connectivity index (χ2n) is 22.7. The number of rotatable bonds is 23. The minimum atomic E-state index is -1.04. The van der Waals surface area contributed by atoms with Crippen LogP contribution in [0.1, 0.15) is 150 Å². The number of aromatic carboxylic acids is 1. The highest BCUT2D eigenvalue weighted by atomic mass is 79.9. The van der Waals surface area contributed by atoms with Gasteiger partial charge < -0.3 is 60.9 Å². The van der Waals surface area contributed by atoms with Crippen LogP contribution < -0.4 is 45.9 Å². The highest BCUT2D eigenvalue weighted by Crippen LogP contribution is 2.34. The van der Waals surface area contributed by atoms with Crippen molar-refractivity contribution in [3.8, 4) is 6.07 Å². The van der Waals surface area contributed by atoms with Gasteiger partial charge in [0.1, 0.15) is 17.5 Å². The standard InChI is InChI=1S/C20H24N4.C18H28N4.C14H16Br2N2.C7H5Br2NO2.C7H7Br2NO.C7H5Br2NO/c1-3-4-5-7-17-14-18-16(8-6-10-21)12-15(9-11-23-2)13-19(18)24-20(17)22;1-2-3-4-5-15-12-16-14(7-9-20)10-13(6-8-19)11-17(16)22-18(15)21;1-2-3-4-5-9-6-11-12(16)7-10(15)8-13(11)18-14(9)17;8-3-1-4(9)6(7(11)12)5(10)2-3;2*8-4-1-6(9)5(3-11)7(10)2-4/h12-14H,3-9,11H2,1H3,(H2,22,24);10-12H,2-9,19-20H2,1H3,(H2,21,22);6-8H,2-5H2,1H3,(H2,17,18);1-2H,10H2,(H,11,12);1-2,11H,3,10H2;1-3H,10H2. The molecule has 3 heterocycles. The molecule has 98 heavy (non-hydrogen) atoms. The summed E-state index contributed by atoms with van der Waals surface area (Å²) in [7, 11) is 0. The van der Waals surface area contributed by atoms with E-state index in [4.69, 9.17) is 67.9 Å². The van der Waals surface area contributed by atoms with Crippen molar-refractivity contribution in [1.82, 2.24) is 15.0 Å². The Kier molecular flexibility index (Phi) is 38.4. The Morgan fingerprint density at radius 2 is 0.918 bits per heavy atom. The number of aliphatic hydroxyl groups is 1. The average molecular weight is 1850 g/mol. The molecule has 0 aliphatic rings. The Bertz CT molecular complexity index is 4170. The van der Waals surface area contributed by atoms with Crippen LogP contribution in [0.3, 0.4) is 0 Å². The van der Waals surface area contributed by atoms with Crippen molar-refractivity contribution < 1.29 is 19.8 Å². The fraction of sp³-hybridized carbons (Fsp3) is 0.329. The van der Waals surface area contributed by atoms with E-state index in [-0.39, 0.29) is 17.9 Å². The van der Waals surface area contributed by atoms with Gasteiger partial charge in [-0.2, -0.15) is 5.26 Å². The van der Waals surface area contributed by atoms with Crippen molar-refractivity contribution in [3.63, 3.8) is 0 Å². The normalized spacial score (nSPS) is 10.5. The monoisotopic (exact) mass is 1840 g/mol. The Labute approximate surface area is 642 Å². The molecular formula is C73H85Br8N13O4. The zero-order valence-corrected chi connectivity index (χ0v) is 67.9. The number of halogens is 8. The number of aromatic nitrogens is 3. The van der Waals surface area contributed by atoms with Gasteiger partial charge in [-0.05, 0) is 221 Å². The number of nitrogens with zero attached hydrogens (tertiary/aromatic N) is 5. The molecule has 0 aliphatic carbocycles. The predicted octanol–water partition coefficient (Wildman–Crippen LogP) is 19.5. The molecule has 9 rings (SSSR count). The molecule has 6 aromatic carbocycles. The fourth-order valence-electron chi connectivity index (χ4n) is 10.2. The number of carbonyl (C=O) groups excluding carboxylic acids is 1. The molecule has 0 spiro atoms. The largest absolute Gasteiger partial charge is 0.478 e. The lowest BCUT2D eigenvalue weighted by atomic mass is 9.97. The zero-order chi connectivity index (χ0) is 72.6. The molecule has 0 saturated heterocycles. The number of aldehydes is 1. The summed E-state index contributed by atoms with van der Waals surface area (Å²) in [6.07, 6.45) is 18.0. The molecule has 0 amide bonds. The smallest absolute Gasteiger partial charge is 0.338 e. The molecule has 0 fully saturated rings. The van der Waals surface area contributed by atoms with Crippen LogP contribution >= 0.6 is 127 Å². The van der Waals surface area contributed by atoms with Crippen LogP contribution in [-0.2, 0) is 51.6 Å². The maximum atomic E-state index is 10.6. The van der Waals surface area contributed by atoms with E-state index in [0.717, 1.165) is 139 Å². The Balaban J connectivity index is 0.000000257. The quantitative estimate of drug-likeness (QED) is 0.0123. The molecule has 0 aliphatic heterocycles. The fourth-order valence-corrected chi connectivity index (χ4v) is 15.7. The molecule has 0 saturated carbocycles. The molecule has 9 aromatic rings. The molecule has 0 radical (unpaired) electrons. The van der Waals surface area contributed by atoms with Gasteiger partial charge in [-0.15, -0.1) is 0 Å². The number of carbonyl (C=O) groups is 2. The van der Waals surface area contributed by atoms with E-state index in [0.29, 0.717) is 82.2 Å². The third-order valence-electron chi connectivity index (χ3n) is 15.3. The summed E-state index contributed by atoms with van der Waals surface area (Å²) in [4.78, 5) is 38.2. The van der Waals surface area contributed by atoms with Crippen molar-refractivity contribution in [3.05, 3.63) is 194 Å². The summed E-state index contributed by atoms with van der Waals surface area (Å²) >= 11 is 26.4. The summed E-state index contributed by atoms with van der Waals surface area (Å²) in [5, 5.41) is 29.9. The van der Waals surface area contributed by atoms with E-state index in [1.54, 1.807) is 30.3 Å². The van der Waals surface area contributed by atoms with Crippen LogP contribution in [0.2, 0.25) is 0 Å². The van der Waals surface area contributed by atoms with Crippen molar-refractivity contribution >= 4 is 207 Å². The van der Waals surface area contributed by atoms with Gasteiger partial charge in [0.15, 0.2) is 6.29 Å². The third-order valence-corrected chi connectivity index (χ3v) is 19.7. The van der Waals surface area contributed by atoms with Crippen LogP contribution in [0.25, 0.3) is 37.6 Å². The zero-order valence-electron chi connectivity index (χ0n) is 55.2. The summed E-state index contributed by atoms with van der Waals surface area (Å²) in [5.74, 6) is 0.884. The number of carboxylic acid groups (broad SMARTS) is 1. The van der Waals surface area contributed by atoms with Gasteiger partial charge in [-0.3, -0.25) is 4.79 Å². The SMILES string of the molecule is CCCCCc1cc2c(Br)cc(Br)cc2nc1N.CCCCCc1cc2c(CCN)cc(CCN)cc2nc1N.Nc1cc(Br)cc(Br)c1C(=O)O.Nc1cc(Br)cc(Br)c1C=O.Nc1cc(Br)cc(Br)c1CO.[C-]#[N+]CCc1cc(CCC#N)c2cc(CCCCC)c(N)nc2c1. The van der Waals surface area contributed by atoms with Crippen LogP contribution in [0.5, 0.6) is 0 Å². The average Bonchev–Trinajstić information content (AvgIpc) is 0.804. The Hall–Kier alpha value is -5.81. The number of anilines is 6. The van der Waals surface area contributed by atoms with Crippen molar-refractivity contribution in [2.24, 2.45) is 11.5 Å². The first kappa shape index (κ1) is 84.6. The lowest BCUT2D eigenvalue weighted by Crippen LogP contribution is -2.08. The summed E-state index contributed by atoms with van der Waals surface area (Å²) in [6.45, 7) is 15.3. The number of unbranched alkanes of at least 4 members (excludes halogenated alkanes) is 6. The maximum absolute atomic E-state index is 10.6. The van der Waals surface area contributed by atoms with E-state index in [2.05, 4.69) is 210 Å². The highest BCUT2D eigenvalue weighted by Gasteiger charge is 2.16. The molecule has 0 atom stereocenters. The maximum Gasteiger partial charge on any atom is 0.338 e. The summed E-state index contributed by atoms with van der Waals surface area (Å²) < 4.78 is 6.57. The first-order valence-corrected chi connectivity index (χ1v) is 38.2. The van der Waals surface area contributed by atoms with Gasteiger partial charge in [-0.1, -0.05) is 167 Å². The molecule has 522 valence electrons. The van der Waals surface area contributed by atoms with E-state index in [9.17, 15) is 9.59 Å². The number of aryl methyl sites for hydroxylation is 4. The lowest BCUT2D eigenvalue weighted by molar-refractivity contribution is 0.0696. The van der Waals surface area contributed by atoms with Crippen molar-refractivity contribution in [2.45, 2.75) is 137 Å².